The molecule has 2 rings (SSSR count). The maximum Gasteiger partial charge on any atom is 0.237 e. The van der Waals surface area contributed by atoms with Crippen molar-refractivity contribution in [1.82, 2.24) is 5.32 Å². The first kappa shape index (κ1) is 16.7. The topological polar surface area (TPSA) is 58.4 Å². The van der Waals surface area contributed by atoms with Crippen LogP contribution in [0, 0.1) is 17.0 Å². The Labute approximate surface area is 129 Å². The van der Waals surface area contributed by atoms with E-state index in [9.17, 15) is 13.6 Å². The van der Waals surface area contributed by atoms with Gasteiger partial charge < -0.3 is 16.0 Å². The second kappa shape index (κ2) is 6.20. The van der Waals surface area contributed by atoms with E-state index in [1.807, 2.05) is 20.8 Å². The molecular formula is C16H23F2N3O. The highest BCUT2D eigenvalue weighted by atomic mass is 19.1. The third-order valence-electron chi connectivity index (χ3n) is 4.00. The lowest BCUT2D eigenvalue weighted by Gasteiger charge is -2.27. The van der Waals surface area contributed by atoms with Crippen molar-refractivity contribution in [2.45, 2.75) is 39.3 Å². The summed E-state index contributed by atoms with van der Waals surface area (Å²) in [5, 5.41) is 2.87. The molecule has 6 heteroatoms. The Balaban J connectivity index is 2.00. The number of carbonyl (C=O) groups is 1. The molecule has 22 heavy (non-hydrogen) atoms. The standard InChI is InChI=1S/C16H23F2N3O/c1-16(2,3)14(19)15(22)20-10-7-8-21(9-10)13-11(17)5-4-6-12(13)18/h4-6,10,14H,7-9,19H2,1-3H3,(H,20,22)/t10?,14-/m1/s1. The fourth-order valence-electron chi connectivity index (χ4n) is 2.56. The minimum absolute atomic E-state index is 0.0284. The van der Waals surface area contributed by atoms with Crippen molar-refractivity contribution in [2.24, 2.45) is 11.1 Å². The van der Waals surface area contributed by atoms with Gasteiger partial charge in [-0.25, -0.2) is 8.78 Å². The zero-order valence-corrected chi connectivity index (χ0v) is 13.2. The predicted molar refractivity (Wildman–Crippen MR) is 82.5 cm³/mol. The average molecular weight is 311 g/mol. The Morgan fingerprint density at radius 2 is 1.95 bits per heavy atom. The van der Waals surface area contributed by atoms with E-state index in [2.05, 4.69) is 5.32 Å². The van der Waals surface area contributed by atoms with E-state index >= 15 is 0 Å². The largest absolute Gasteiger partial charge is 0.365 e. The molecule has 1 aromatic carbocycles. The van der Waals surface area contributed by atoms with Crippen LogP contribution in [-0.2, 0) is 4.79 Å². The minimum atomic E-state index is -0.619. The van der Waals surface area contributed by atoms with E-state index in [0.717, 1.165) is 0 Å². The second-order valence-electron chi connectivity index (χ2n) is 6.85. The van der Waals surface area contributed by atoms with Crippen LogP contribution in [0.25, 0.3) is 0 Å². The Bertz CT molecular complexity index is 537. The van der Waals surface area contributed by atoms with Gasteiger partial charge in [0, 0.05) is 19.1 Å². The van der Waals surface area contributed by atoms with E-state index in [0.29, 0.717) is 19.5 Å². The number of nitrogens with one attached hydrogen (secondary N) is 1. The molecule has 4 nitrogen and oxygen atoms in total. The molecule has 2 atom stereocenters. The van der Waals surface area contributed by atoms with E-state index in [4.69, 9.17) is 5.73 Å². The molecule has 1 aliphatic rings. The Kier molecular flexibility index (Phi) is 4.70. The van der Waals surface area contributed by atoms with Crippen molar-refractivity contribution in [1.29, 1.82) is 0 Å². The first-order chi connectivity index (χ1) is 10.2. The fourth-order valence-corrected chi connectivity index (χ4v) is 2.56. The number of hydrogen-bond donors (Lipinski definition) is 2. The van der Waals surface area contributed by atoms with Crippen molar-refractivity contribution in [2.75, 3.05) is 18.0 Å². The summed E-state index contributed by atoms with van der Waals surface area (Å²) in [5.74, 6) is -1.40. The van der Waals surface area contributed by atoms with Gasteiger partial charge in [0.1, 0.15) is 17.3 Å². The lowest BCUT2D eigenvalue weighted by atomic mass is 9.87. The molecule has 0 aromatic heterocycles. The van der Waals surface area contributed by atoms with E-state index in [-0.39, 0.29) is 23.1 Å². The highest BCUT2D eigenvalue weighted by Gasteiger charge is 2.32. The summed E-state index contributed by atoms with van der Waals surface area (Å²) in [6, 6.07) is 3.04. The van der Waals surface area contributed by atoms with Crippen molar-refractivity contribution in [3.63, 3.8) is 0 Å². The van der Waals surface area contributed by atoms with Crippen LogP contribution in [0.15, 0.2) is 18.2 Å². The van der Waals surface area contributed by atoms with Crippen LogP contribution in [0.3, 0.4) is 0 Å². The highest BCUT2D eigenvalue weighted by molar-refractivity contribution is 5.82. The van der Waals surface area contributed by atoms with Gasteiger partial charge in [-0.1, -0.05) is 26.8 Å². The molecule has 0 bridgehead atoms. The van der Waals surface area contributed by atoms with E-state index < -0.39 is 17.7 Å². The highest BCUT2D eigenvalue weighted by Crippen LogP contribution is 2.27. The molecule has 1 fully saturated rings. The number of nitrogens with two attached hydrogens (primary N) is 1. The Morgan fingerprint density at radius 1 is 1.36 bits per heavy atom. The zero-order chi connectivity index (χ0) is 16.5. The number of hydrogen-bond acceptors (Lipinski definition) is 3. The number of amides is 1. The molecule has 0 aliphatic carbocycles. The molecule has 1 amide bonds. The van der Waals surface area contributed by atoms with Gasteiger partial charge in [0.2, 0.25) is 5.91 Å². The van der Waals surface area contributed by atoms with Crippen molar-refractivity contribution in [3.8, 4) is 0 Å². The predicted octanol–water partition coefficient (Wildman–Crippen LogP) is 2.03. The van der Waals surface area contributed by atoms with Gasteiger partial charge in [-0.15, -0.1) is 0 Å². The number of anilines is 1. The quantitative estimate of drug-likeness (QED) is 0.898. The average Bonchev–Trinajstić information content (AvgIpc) is 2.84. The number of rotatable bonds is 3. The summed E-state index contributed by atoms with van der Waals surface area (Å²) in [4.78, 5) is 13.7. The Morgan fingerprint density at radius 3 is 2.50 bits per heavy atom. The van der Waals surface area contributed by atoms with Crippen molar-refractivity contribution >= 4 is 11.6 Å². The first-order valence-electron chi connectivity index (χ1n) is 7.45. The molecule has 122 valence electrons. The summed E-state index contributed by atoms with van der Waals surface area (Å²) < 4.78 is 27.6. The van der Waals surface area contributed by atoms with Gasteiger partial charge in [0.15, 0.2) is 0 Å². The molecule has 1 unspecified atom stereocenters. The van der Waals surface area contributed by atoms with Gasteiger partial charge >= 0.3 is 0 Å². The first-order valence-corrected chi connectivity index (χ1v) is 7.45. The smallest absolute Gasteiger partial charge is 0.237 e. The van der Waals surface area contributed by atoms with Gasteiger partial charge in [-0.05, 0) is 24.0 Å². The molecule has 1 aromatic rings. The molecule has 0 radical (unpaired) electrons. The van der Waals surface area contributed by atoms with Crippen LogP contribution in [0.4, 0.5) is 14.5 Å². The summed E-state index contributed by atoms with van der Waals surface area (Å²) >= 11 is 0. The number of nitrogens with zero attached hydrogens (tertiary/aromatic N) is 1. The number of halogens is 2. The maximum absolute atomic E-state index is 13.8. The number of para-hydroxylation sites is 1. The lowest BCUT2D eigenvalue weighted by molar-refractivity contribution is -0.125. The van der Waals surface area contributed by atoms with Crippen molar-refractivity contribution < 1.29 is 13.6 Å². The van der Waals surface area contributed by atoms with Crippen LogP contribution in [0.5, 0.6) is 0 Å². The third-order valence-corrected chi connectivity index (χ3v) is 4.00. The zero-order valence-electron chi connectivity index (χ0n) is 13.2. The monoisotopic (exact) mass is 311 g/mol. The van der Waals surface area contributed by atoms with Crippen LogP contribution < -0.4 is 16.0 Å². The number of carbonyl (C=O) groups excluding carboxylic acids is 1. The van der Waals surface area contributed by atoms with Crippen LogP contribution in [0.2, 0.25) is 0 Å². The lowest BCUT2D eigenvalue weighted by Crippen LogP contribution is -2.51. The van der Waals surface area contributed by atoms with E-state index in [1.54, 1.807) is 4.90 Å². The van der Waals surface area contributed by atoms with Crippen LogP contribution in [0.1, 0.15) is 27.2 Å². The van der Waals surface area contributed by atoms with Gasteiger partial charge in [0.25, 0.3) is 0 Å². The van der Waals surface area contributed by atoms with Crippen LogP contribution in [-0.4, -0.2) is 31.1 Å². The summed E-state index contributed by atoms with van der Waals surface area (Å²) in [6.45, 7) is 6.56. The molecule has 3 N–H and O–H groups in total. The minimum Gasteiger partial charge on any atom is -0.365 e. The molecule has 0 saturated carbocycles. The second-order valence-corrected chi connectivity index (χ2v) is 6.85. The summed E-state index contributed by atoms with van der Waals surface area (Å²) in [6.07, 6.45) is 0.635. The normalized spacial score (nSPS) is 20.1. The molecule has 1 aliphatic heterocycles. The molecule has 1 heterocycles. The summed E-state index contributed by atoms with van der Waals surface area (Å²) in [5.41, 5.74) is 5.56. The number of benzene rings is 1. The SMILES string of the molecule is CC(C)(C)[C@H](N)C(=O)NC1CCN(c2c(F)cccc2F)C1. The van der Waals surface area contributed by atoms with E-state index in [1.165, 1.54) is 18.2 Å². The summed E-state index contributed by atoms with van der Waals surface area (Å²) in [7, 11) is 0. The van der Waals surface area contributed by atoms with Gasteiger partial charge in [-0.3, -0.25) is 4.79 Å². The van der Waals surface area contributed by atoms with Gasteiger partial charge in [-0.2, -0.15) is 0 Å². The molecule has 0 spiro atoms. The maximum atomic E-state index is 13.8. The van der Waals surface area contributed by atoms with Gasteiger partial charge in [0.05, 0.1) is 6.04 Å². The third kappa shape index (κ3) is 3.55. The van der Waals surface area contributed by atoms with Crippen molar-refractivity contribution in [3.05, 3.63) is 29.8 Å². The van der Waals surface area contributed by atoms with Crippen LogP contribution >= 0.6 is 0 Å². The fraction of sp³-hybridized carbons (Fsp3) is 0.562. The molecule has 1 saturated heterocycles. The Hall–Kier alpha value is -1.69. The molecular weight excluding hydrogens is 288 g/mol.